The number of carbonyl (C=O) groups excluding carboxylic acids is 2. The van der Waals surface area contributed by atoms with E-state index in [1.165, 1.54) is 49.7 Å². The summed E-state index contributed by atoms with van der Waals surface area (Å²) in [5.41, 5.74) is -0.535. The number of carbonyl (C=O) groups is 2. The quantitative estimate of drug-likeness (QED) is 0.171. The first kappa shape index (κ1) is 37.6. The lowest BCUT2D eigenvalue weighted by Crippen LogP contribution is -2.18. The molecule has 0 aliphatic rings. The number of ether oxygens (including phenoxy) is 2. The van der Waals surface area contributed by atoms with Crippen LogP contribution in [0.25, 0.3) is 16.4 Å². The maximum absolute atomic E-state index is 13.0. The average Bonchev–Trinajstić information content (AvgIpc) is 3.67. The van der Waals surface area contributed by atoms with Gasteiger partial charge in [-0.05, 0) is 12.1 Å². The highest BCUT2D eigenvalue weighted by atomic mass is 32.1. The first-order valence-corrected chi connectivity index (χ1v) is 13.9. The van der Waals surface area contributed by atoms with Crippen LogP contribution in [-0.2, 0) is 9.53 Å². The Kier molecular flexibility index (Phi) is 16.4. The van der Waals surface area contributed by atoms with Crippen LogP contribution in [0.3, 0.4) is 0 Å². The molecule has 0 radical (unpaired) electrons. The van der Waals surface area contributed by atoms with E-state index >= 15 is 0 Å². The lowest BCUT2D eigenvalue weighted by Gasteiger charge is -2.11. The monoisotopic (exact) mass is 636 g/mol. The summed E-state index contributed by atoms with van der Waals surface area (Å²) in [5, 5.41) is 26.9. The van der Waals surface area contributed by atoms with E-state index in [0.717, 1.165) is 11.3 Å². The number of rotatable bonds is 10. The SMILES string of the molecule is C.C=CC=C.CCC.COCCOc1c(-c2ncccc2C#N)cc(C(=O)Nc2nnc(-n3nccc3NC(C)=O)s2)oc1=O. The number of aromatic nitrogens is 5. The number of allylic oxidation sites excluding steroid dienone is 2. The van der Waals surface area contributed by atoms with E-state index in [2.05, 4.69) is 57.9 Å². The number of anilines is 2. The van der Waals surface area contributed by atoms with Crippen LogP contribution in [0.4, 0.5) is 10.9 Å². The Bertz CT molecular complexity index is 1670. The number of hydrogen-bond donors (Lipinski definition) is 2. The Hall–Kier alpha value is -5.46. The molecule has 0 unspecified atom stereocenters. The highest BCUT2D eigenvalue weighted by molar-refractivity contribution is 7.17. The molecular weight excluding hydrogens is 600 g/mol. The molecule has 14 nitrogen and oxygen atoms in total. The summed E-state index contributed by atoms with van der Waals surface area (Å²) in [4.78, 5) is 41.3. The van der Waals surface area contributed by atoms with Crippen LogP contribution >= 0.6 is 11.3 Å². The van der Waals surface area contributed by atoms with Crippen LogP contribution in [-0.4, -0.2) is 57.1 Å². The van der Waals surface area contributed by atoms with Crippen LogP contribution in [0.5, 0.6) is 5.75 Å². The van der Waals surface area contributed by atoms with Gasteiger partial charge in [0.2, 0.25) is 21.9 Å². The van der Waals surface area contributed by atoms with Gasteiger partial charge in [-0.2, -0.15) is 15.0 Å². The second-order valence-electron chi connectivity index (χ2n) is 8.33. The molecule has 0 saturated carbocycles. The van der Waals surface area contributed by atoms with Gasteiger partial charge in [-0.1, -0.05) is 64.3 Å². The predicted molar refractivity (Wildman–Crippen MR) is 173 cm³/mol. The number of hydrogen-bond acceptors (Lipinski definition) is 12. The minimum absolute atomic E-state index is 0. The number of nitrogens with zero attached hydrogens (tertiary/aromatic N) is 6. The van der Waals surface area contributed by atoms with Gasteiger partial charge in [0.25, 0.3) is 5.91 Å². The number of amides is 2. The fourth-order valence-corrected chi connectivity index (χ4v) is 3.80. The van der Waals surface area contributed by atoms with Gasteiger partial charge in [0.15, 0.2) is 5.76 Å². The third kappa shape index (κ3) is 11.0. The van der Waals surface area contributed by atoms with Gasteiger partial charge >= 0.3 is 5.63 Å². The number of methoxy groups -OCH3 is 1. The van der Waals surface area contributed by atoms with Crippen LogP contribution in [0.1, 0.15) is 50.7 Å². The van der Waals surface area contributed by atoms with E-state index in [0.29, 0.717) is 5.82 Å². The molecule has 45 heavy (non-hydrogen) atoms. The smallest absolute Gasteiger partial charge is 0.379 e. The van der Waals surface area contributed by atoms with Gasteiger partial charge in [-0.3, -0.25) is 19.9 Å². The molecule has 4 heterocycles. The molecule has 0 saturated heterocycles. The molecule has 238 valence electrons. The van der Waals surface area contributed by atoms with E-state index in [-0.39, 0.29) is 65.1 Å². The Morgan fingerprint density at radius 2 is 1.87 bits per heavy atom. The fraction of sp³-hybridized carbons (Fsp3) is 0.267. The summed E-state index contributed by atoms with van der Waals surface area (Å²) in [6, 6.07) is 7.91. The van der Waals surface area contributed by atoms with Crippen LogP contribution in [0, 0.1) is 11.3 Å². The van der Waals surface area contributed by atoms with Crippen molar-refractivity contribution < 1.29 is 23.5 Å². The van der Waals surface area contributed by atoms with Crippen molar-refractivity contribution in [3.8, 4) is 28.2 Å². The topological polar surface area (TPSA) is 187 Å². The molecule has 0 aliphatic carbocycles. The van der Waals surface area contributed by atoms with Crippen molar-refractivity contribution >= 4 is 34.1 Å². The largest absolute Gasteiger partial charge is 0.484 e. The summed E-state index contributed by atoms with van der Waals surface area (Å²) in [5.74, 6) is -1.33. The zero-order valence-electron chi connectivity index (χ0n) is 24.7. The van der Waals surface area contributed by atoms with E-state index < -0.39 is 11.5 Å². The molecule has 4 aromatic rings. The second kappa shape index (κ2) is 19.7. The van der Waals surface area contributed by atoms with E-state index in [9.17, 15) is 19.6 Å². The minimum Gasteiger partial charge on any atom is -0.484 e. The zero-order chi connectivity index (χ0) is 32.5. The first-order chi connectivity index (χ1) is 21.2. The van der Waals surface area contributed by atoms with Gasteiger partial charge in [0, 0.05) is 32.4 Å². The van der Waals surface area contributed by atoms with Crippen molar-refractivity contribution in [1.82, 2.24) is 25.0 Å². The second-order valence-corrected chi connectivity index (χ2v) is 9.28. The van der Waals surface area contributed by atoms with Gasteiger partial charge in [0.1, 0.15) is 18.5 Å². The van der Waals surface area contributed by atoms with Crippen LogP contribution in [0.2, 0.25) is 0 Å². The van der Waals surface area contributed by atoms with Crippen molar-refractivity contribution in [2.45, 2.75) is 34.6 Å². The molecule has 2 amide bonds. The average molecular weight is 637 g/mol. The molecule has 15 heteroatoms. The minimum atomic E-state index is -0.942. The molecule has 0 aromatic carbocycles. The van der Waals surface area contributed by atoms with Gasteiger partial charge in [-0.25, -0.2) is 4.79 Å². The van der Waals surface area contributed by atoms with E-state index in [1.807, 2.05) is 6.07 Å². The third-order valence-electron chi connectivity index (χ3n) is 4.78. The maximum Gasteiger partial charge on any atom is 0.379 e. The molecule has 0 bridgehead atoms. The summed E-state index contributed by atoms with van der Waals surface area (Å²) in [7, 11) is 1.47. The highest BCUT2D eigenvalue weighted by Gasteiger charge is 2.23. The lowest BCUT2D eigenvalue weighted by atomic mass is 10.1. The molecule has 0 aliphatic heterocycles. The van der Waals surface area contributed by atoms with Crippen molar-refractivity contribution in [3.05, 3.63) is 83.7 Å². The van der Waals surface area contributed by atoms with Gasteiger partial charge in [-0.15, -0.1) is 10.2 Å². The molecule has 0 fully saturated rings. The summed E-state index contributed by atoms with van der Waals surface area (Å²) < 4.78 is 17.0. The maximum atomic E-state index is 13.0. The molecule has 4 aromatic heterocycles. The molecule has 4 rings (SSSR count). The van der Waals surface area contributed by atoms with Crippen LogP contribution in [0.15, 0.2) is 71.2 Å². The standard InChI is InChI=1S/C22H18N8O6S.C4H6.C3H8.CH4/c1-12(31)26-16-5-7-25-30(16)22-29-28-21(37-22)27-19(32)15-10-14(17-13(11-23)4-3-6-24-17)18(20(33)36-15)35-9-8-34-2;1-3-4-2;1-3-2;/h3-7,10H,8-9H2,1-2H3,(H,26,31)(H,27,28,32);3-4H,1-2H2;3H2,1-2H3;1H4. The van der Waals surface area contributed by atoms with E-state index in [4.69, 9.17) is 13.9 Å². The summed E-state index contributed by atoms with van der Waals surface area (Å²) in [6.45, 7) is 12.5. The first-order valence-electron chi connectivity index (χ1n) is 13.1. The van der Waals surface area contributed by atoms with Gasteiger partial charge < -0.3 is 19.2 Å². The highest BCUT2D eigenvalue weighted by Crippen LogP contribution is 2.30. The Morgan fingerprint density at radius 1 is 1.16 bits per heavy atom. The van der Waals surface area contributed by atoms with Gasteiger partial charge in [0.05, 0.1) is 29.6 Å². The number of pyridine rings is 1. The Labute approximate surface area is 265 Å². The van der Waals surface area contributed by atoms with Crippen LogP contribution < -0.4 is 21.0 Å². The molecule has 0 atom stereocenters. The van der Waals surface area contributed by atoms with Crippen molar-refractivity contribution in [2.24, 2.45) is 0 Å². The normalized spacial score (nSPS) is 9.49. The Morgan fingerprint density at radius 3 is 2.49 bits per heavy atom. The third-order valence-corrected chi connectivity index (χ3v) is 5.59. The number of nitrogens with one attached hydrogen (secondary N) is 2. The summed E-state index contributed by atoms with van der Waals surface area (Å²) >= 11 is 0.964. The predicted octanol–water partition coefficient (Wildman–Crippen LogP) is 5.26. The van der Waals surface area contributed by atoms with Crippen molar-refractivity contribution in [1.29, 1.82) is 5.26 Å². The van der Waals surface area contributed by atoms with Crippen molar-refractivity contribution in [3.63, 3.8) is 0 Å². The Balaban J connectivity index is 0.00000115. The van der Waals surface area contributed by atoms with E-state index in [1.54, 1.807) is 24.3 Å². The summed E-state index contributed by atoms with van der Waals surface area (Å²) in [6.07, 6.45) is 7.43. The van der Waals surface area contributed by atoms with Crippen molar-refractivity contribution in [2.75, 3.05) is 31.0 Å². The fourth-order valence-electron chi connectivity index (χ4n) is 3.09. The molecular formula is C30H36N8O6S. The molecule has 0 spiro atoms. The number of nitriles is 1. The lowest BCUT2D eigenvalue weighted by molar-refractivity contribution is -0.114. The zero-order valence-corrected chi connectivity index (χ0v) is 25.5. The molecule has 2 N–H and O–H groups in total.